The highest BCUT2D eigenvalue weighted by Crippen LogP contribution is 2.42. The van der Waals surface area contributed by atoms with Gasteiger partial charge in [-0.15, -0.1) is 0 Å². The van der Waals surface area contributed by atoms with E-state index in [0.29, 0.717) is 37.1 Å². The molecule has 0 aromatic rings. The maximum Gasteiger partial charge on any atom is 0.316 e. The fourth-order valence-electron chi connectivity index (χ4n) is 6.09. The summed E-state index contributed by atoms with van der Waals surface area (Å²) in [5, 5.41) is 10.7. The van der Waals surface area contributed by atoms with Crippen LogP contribution in [0.5, 0.6) is 0 Å². The summed E-state index contributed by atoms with van der Waals surface area (Å²) in [6, 6.07) is 1.90. The van der Waals surface area contributed by atoms with Crippen LogP contribution in [0.3, 0.4) is 0 Å². The van der Waals surface area contributed by atoms with E-state index >= 15 is 0 Å². The number of likely N-dealkylation sites (N-methyl/N-ethyl adjacent to an activating group) is 1. The summed E-state index contributed by atoms with van der Waals surface area (Å²) >= 11 is 0. The van der Waals surface area contributed by atoms with E-state index < -0.39 is 17.7 Å². The molecule has 178 valence electrons. The second-order valence-electron chi connectivity index (χ2n) is 10.3. The van der Waals surface area contributed by atoms with Gasteiger partial charge in [-0.25, -0.2) is 0 Å². The van der Waals surface area contributed by atoms with E-state index in [2.05, 4.69) is 30.7 Å². The second-order valence-corrected chi connectivity index (χ2v) is 10.3. The molecule has 5 atom stereocenters. The largest absolute Gasteiger partial charge is 0.463 e. The molecule has 3 rings (SSSR count). The van der Waals surface area contributed by atoms with Crippen molar-refractivity contribution in [2.75, 3.05) is 27.3 Å². The standard InChI is InChI=1S/C24H42N2O5/c1-16(2)26-19-7-8-20(26)14-18(13-19)21-15-31-23(28)17(3)22(27)9-11-24(29,30-5)10-6-12-25(21)4/h16-21,29H,6-15H2,1-5H3/t17?,18?,19?,20?,21?,24-/m1/s1. The van der Waals surface area contributed by atoms with Crippen molar-refractivity contribution in [3.8, 4) is 0 Å². The summed E-state index contributed by atoms with van der Waals surface area (Å²) in [6.45, 7) is 7.29. The first kappa shape index (κ1) is 24.6. The van der Waals surface area contributed by atoms with Gasteiger partial charge in [0.15, 0.2) is 5.79 Å². The number of carbonyl (C=O) groups is 2. The Morgan fingerprint density at radius 2 is 1.81 bits per heavy atom. The zero-order chi connectivity index (χ0) is 22.8. The molecule has 3 aliphatic heterocycles. The van der Waals surface area contributed by atoms with Crippen LogP contribution < -0.4 is 0 Å². The van der Waals surface area contributed by atoms with Crippen LogP contribution >= 0.6 is 0 Å². The SMILES string of the molecule is CO[C@]1(O)CCCN(C)C(C2CC3CCC(C2)N3C(C)C)COC(=O)C(C)C(=O)CC1. The summed E-state index contributed by atoms with van der Waals surface area (Å²) in [5.41, 5.74) is 0. The molecule has 1 N–H and O–H groups in total. The van der Waals surface area contributed by atoms with Gasteiger partial charge in [-0.3, -0.25) is 19.4 Å². The molecule has 4 unspecified atom stereocenters. The van der Waals surface area contributed by atoms with Gasteiger partial charge < -0.3 is 14.6 Å². The van der Waals surface area contributed by atoms with Gasteiger partial charge in [0.1, 0.15) is 18.3 Å². The Kier molecular flexibility index (Phi) is 8.16. The third kappa shape index (κ3) is 5.67. The molecule has 2 bridgehead atoms. The number of methoxy groups -OCH3 is 1. The average molecular weight is 439 g/mol. The van der Waals surface area contributed by atoms with Gasteiger partial charge in [-0.05, 0) is 72.4 Å². The third-order valence-corrected chi connectivity index (χ3v) is 7.99. The number of esters is 1. The van der Waals surface area contributed by atoms with Crippen LogP contribution in [0.25, 0.3) is 0 Å². The number of aliphatic hydroxyl groups is 1. The van der Waals surface area contributed by atoms with Gasteiger partial charge in [-0.1, -0.05) is 0 Å². The van der Waals surface area contributed by atoms with E-state index in [0.717, 1.165) is 25.8 Å². The van der Waals surface area contributed by atoms with Gasteiger partial charge in [-0.2, -0.15) is 0 Å². The van der Waals surface area contributed by atoms with E-state index in [9.17, 15) is 14.7 Å². The summed E-state index contributed by atoms with van der Waals surface area (Å²) < 4.78 is 11.0. The number of carbonyl (C=O) groups excluding carboxylic acids is 2. The summed E-state index contributed by atoms with van der Waals surface area (Å²) in [5.74, 6) is -2.33. The number of cyclic esters (lactones) is 1. The molecule has 0 aliphatic carbocycles. The smallest absolute Gasteiger partial charge is 0.316 e. The maximum atomic E-state index is 12.6. The number of hydrogen-bond donors (Lipinski definition) is 1. The minimum atomic E-state index is -1.33. The first-order valence-electron chi connectivity index (χ1n) is 12.1. The molecule has 3 aliphatic rings. The maximum absolute atomic E-state index is 12.6. The topological polar surface area (TPSA) is 79.3 Å². The number of rotatable bonds is 3. The van der Waals surface area contributed by atoms with Crippen LogP contribution in [-0.4, -0.2) is 83.9 Å². The summed E-state index contributed by atoms with van der Waals surface area (Å²) in [6.07, 6.45) is 6.28. The highest BCUT2D eigenvalue weighted by molar-refractivity contribution is 5.98. The Balaban J connectivity index is 1.75. The molecule has 7 heteroatoms. The number of piperidine rings is 1. The van der Waals surface area contributed by atoms with Gasteiger partial charge in [0, 0.05) is 50.5 Å². The minimum absolute atomic E-state index is 0.108. The molecule has 3 fully saturated rings. The van der Waals surface area contributed by atoms with Crippen molar-refractivity contribution in [3.63, 3.8) is 0 Å². The molecule has 0 amide bonds. The van der Waals surface area contributed by atoms with Crippen LogP contribution in [0.15, 0.2) is 0 Å². The lowest BCUT2D eigenvalue weighted by molar-refractivity contribution is -0.196. The Morgan fingerprint density at radius 3 is 2.39 bits per heavy atom. The summed E-state index contributed by atoms with van der Waals surface area (Å²) in [7, 11) is 3.57. The molecule has 7 nitrogen and oxygen atoms in total. The van der Waals surface area contributed by atoms with E-state index in [4.69, 9.17) is 9.47 Å². The highest BCUT2D eigenvalue weighted by Gasteiger charge is 2.45. The molecular weight excluding hydrogens is 396 g/mol. The Labute approximate surface area is 187 Å². The highest BCUT2D eigenvalue weighted by atomic mass is 16.6. The van der Waals surface area contributed by atoms with Crippen LogP contribution in [-0.2, 0) is 19.1 Å². The molecule has 0 saturated carbocycles. The molecular formula is C24H42N2O5. The Bertz CT molecular complexity index is 627. The number of ketones is 1. The zero-order valence-electron chi connectivity index (χ0n) is 20.0. The van der Waals surface area contributed by atoms with Crippen molar-refractivity contribution >= 4 is 11.8 Å². The molecule has 0 spiro atoms. The molecule has 0 aromatic carbocycles. The first-order chi connectivity index (χ1) is 14.6. The van der Waals surface area contributed by atoms with Crippen molar-refractivity contribution in [1.29, 1.82) is 0 Å². The van der Waals surface area contributed by atoms with E-state index in [1.54, 1.807) is 6.92 Å². The quantitative estimate of drug-likeness (QED) is 0.412. The molecule has 0 radical (unpaired) electrons. The number of ether oxygens (including phenoxy) is 2. The number of hydrogen-bond acceptors (Lipinski definition) is 7. The van der Waals surface area contributed by atoms with Gasteiger partial charge in [0.2, 0.25) is 0 Å². The first-order valence-corrected chi connectivity index (χ1v) is 12.1. The normalized spacial score (nSPS) is 39.6. The second kappa shape index (κ2) is 10.3. The predicted octanol–water partition coefficient (Wildman–Crippen LogP) is 2.60. The lowest BCUT2D eigenvalue weighted by Crippen LogP contribution is -2.52. The van der Waals surface area contributed by atoms with Crippen LogP contribution in [0.4, 0.5) is 0 Å². The van der Waals surface area contributed by atoms with Gasteiger partial charge >= 0.3 is 5.97 Å². The summed E-state index contributed by atoms with van der Waals surface area (Å²) in [4.78, 5) is 30.1. The third-order valence-electron chi connectivity index (χ3n) is 7.99. The fourth-order valence-corrected chi connectivity index (χ4v) is 6.09. The van der Waals surface area contributed by atoms with Crippen molar-refractivity contribution in [2.45, 2.75) is 102 Å². The molecule has 0 aromatic heterocycles. The Hall–Kier alpha value is -1.02. The number of nitrogens with zero attached hydrogens (tertiary/aromatic N) is 2. The number of fused-ring (bicyclic) bond motifs is 2. The van der Waals surface area contributed by atoms with E-state index in [1.165, 1.54) is 20.0 Å². The van der Waals surface area contributed by atoms with Crippen LogP contribution in [0, 0.1) is 11.8 Å². The molecule has 3 saturated heterocycles. The van der Waals surface area contributed by atoms with Gasteiger partial charge in [0.05, 0.1) is 0 Å². The predicted molar refractivity (Wildman–Crippen MR) is 118 cm³/mol. The zero-order valence-corrected chi connectivity index (χ0v) is 20.0. The number of Topliss-reactive ketones (excluding diaryl/α,β-unsaturated/α-hetero) is 1. The molecule has 31 heavy (non-hydrogen) atoms. The lowest BCUT2D eigenvalue weighted by Gasteiger charge is -2.45. The van der Waals surface area contributed by atoms with Crippen molar-refractivity contribution in [1.82, 2.24) is 9.80 Å². The average Bonchev–Trinajstić information content (AvgIpc) is 3.01. The van der Waals surface area contributed by atoms with E-state index in [-0.39, 0.29) is 24.7 Å². The molecule has 3 heterocycles. The van der Waals surface area contributed by atoms with E-state index in [1.807, 2.05) is 0 Å². The van der Waals surface area contributed by atoms with Crippen molar-refractivity contribution in [2.24, 2.45) is 11.8 Å². The van der Waals surface area contributed by atoms with Crippen LogP contribution in [0.2, 0.25) is 0 Å². The van der Waals surface area contributed by atoms with Gasteiger partial charge in [0.25, 0.3) is 0 Å². The van der Waals surface area contributed by atoms with Crippen LogP contribution in [0.1, 0.15) is 72.1 Å². The lowest BCUT2D eigenvalue weighted by atomic mass is 9.83. The fraction of sp³-hybridized carbons (Fsp3) is 0.917. The van der Waals surface area contributed by atoms with Crippen molar-refractivity contribution in [3.05, 3.63) is 0 Å². The monoisotopic (exact) mass is 438 g/mol. The Morgan fingerprint density at radius 1 is 1.16 bits per heavy atom. The van der Waals surface area contributed by atoms with Crippen molar-refractivity contribution < 1.29 is 24.2 Å². The minimum Gasteiger partial charge on any atom is -0.463 e.